The molecule has 2 aromatic carbocycles. The maximum Gasteiger partial charge on any atom is 0.269 e. The van der Waals surface area contributed by atoms with Gasteiger partial charge in [0.25, 0.3) is 5.69 Å². The maximum absolute atomic E-state index is 10.7. The maximum atomic E-state index is 10.7. The SMILES string of the molecule is Cc1ccc2ccc(CC(O)c3ccc([N+](=O)[O-])cc3)nc2c1. The highest BCUT2D eigenvalue weighted by Crippen LogP contribution is 2.22. The van der Waals surface area contributed by atoms with Gasteiger partial charge in [-0.25, -0.2) is 0 Å². The third-order valence-corrected chi connectivity index (χ3v) is 3.80. The average Bonchev–Trinajstić information content (AvgIpc) is 2.54. The van der Waals surface area contributed by atoms with E-state index in [0.29, 0.717) is 12.0 Å². The van der Waals surface area contributed by atoms with Gasteiger partial charge in [0.2, 0.25) is 0 Å². The monoisotopic (exact) mass is 308 g/mol. The fourth-order valence-electron chi connectivity index (χ4n) is 2.52. The van der Waals surface area contributed by atoms with Gasteiger partial charge in [0.15, 0.2) is 0 Å². The number of non-ortho nitro benzene ring substituents is 1. The average molecular weight is 308 g/mol. The Morgan fingerprint density at radius 3 is 2.52 bits per heavy atom. The Labute approximate surface area is 133 Å². The molecule has 23 heavy (non-hydrogen) atoms. The number of hydrogen-bond acceptors (Lipinski definition) is 4. The number of fused-ring (bicyclic) bond motifs is 1. The number of aryl methyl sites for hydroxylation is 1. The number of nitrogens with zero attached hydrogens (tertiary/aromatic N) is 2. The van der Waals surface area contributed by atoms with E-state index in [2.05, 4.69) is 4.98 Å². The van der Waals surface area contributed by atoms with Crippen molar-refractivity contribution in [3.05, 3.63) is 81.5 Å². The van der Waals surface area contributed by atoms with Crippen LogP contribution in [0.25, 0.3) is 10.9 Å². The second-order valence-corrected chi connectivity index (χ2v) is 5.57. The fraction of sp³-hybridized carbons (Fsp3) is 0.167. The molecule has 1 aromatic heterocycles. The van der Waals surface area contributed by atoms with Crippen molar-refractivity contribution in [1.29, 1.82) is 0 Å². The first-order chi connectivity index (χ1) is 11.0. The van der Waals surface area contributed by atoms with Crippen LogP contribution in [0.1, 0.15) is 22.9 Å². The first-order valence-electron chi connectivity index (χ1n) is 7.31. The predicted octanol–water partition coefficient (Wildman–Crippen LogP) is 3.73. The summed E-state index contributed by atoms with van der Waals surface area (Å²) >= 11 is 0. The number of rotatable bonds is 4. The second kappa shape index (κ2) is 6.14. The van der Waals surface area contributed by atoms with Crippen LogP contribution in [0, 0.1) is 17.0 Å². The first-order valence-corrected chi connectivity index (χ1v) is 7.31. The molecule has 0 aliphatic carbocycles. The Kier molecular flexibility index (Phi) is 4.04. The molecule has 1 unspecified atom stereocenters. The van der Waals surface area contributed by atoms with Crippen molar-refractivity contribution in [1.82, 2.24) is 4.98 Å². The highest BCUT2D eigenvalue weighted by Gasteiger charge is 2.12. The van der Waals surface area contributed by atoms with Gasteiger partial charge in [0, 0.05) is 29.6 Å². The van der Waals surface area contributed by atoms with Crippen molar-refractivity contribution in [2.24, 2.45) is 0 Å². The van der Waals surface area contributed by atoms with E-state index >= 15 is 0 Å². The van der Waals surface area contributed by atoms with E-state index in [9.17, 15) is 15.2 Å². The van der Waals surface area contributed by atoms with Crippen molar-refractivity contribution in [2.75, 3.05) is 0 Å². The summed E-state index contributed by atoms with van der Waals surface area (Å²) in [4.78, 5) is 14.8. The minimum absolute atomic E-state index is 0.0141. The Balaban J connectivity index is 1.81. The molecule has 0 fully saturated rings. The van der Waals surface area contributed by atoms with E-state index in [1.807, 2.05) is 37.3 Å². The summed E-state index contributed by atoms with van der Waals surface area (Å²) in [6.07, 6.45) is -0.382. The standard InChI is InChI=1S/C18H16N2O3/c1-12-2-3-13-4-7-15(19-17(13)10-12)11-18(21)14-5-8-16(9-6-14)20(22)23/h2-10,18,21H,11H2,1H3. The molecule has 0 saturated carbocycles. The number of pyridine rings is 1. The summed E-state index contributed by atoms with van der Waals surface area (Å²) in [5.74, 6) is 0. The van der Waals surface area contributed by atoms with Gasteiger partial charge in [0.05, 0.1) is 16.5 Å². The van der Waals surface area contributed by atoms with Crippen molar-refractivity contribution in [3.8, 4) is 0 Å². The third-order valence-electron chi connectivity index (χ3n) is 3.80. The molecule has 116 valence electrons. The van der Waals surface area contributed by atoms with Gasteiger partial charge < -0.3 is 5.11 Å². The molecule has 5 heteroatoms. The van der Waals surface area contributed by atoms with Crippen LogP contribution in [0.3, 0.4) is 0 Å². The van der Waals surface area contributed by atoms with Crippen LogP contribution < -0.4 is 0 Å². The summed E-state index contributed by atoms with van der Waals surface area (Å²) in [7, 11) is 0. The number of aliphatic hydroxyl groups is 1. The Hall–Kier alpha value is -2.79. The molecule has 1 heterocycles. The van der Waals surface area contributed by atoms with Gasteiger partial charge in [-0.3, -0.25) is 15.1 Å². The number of nitro groups is 1. The highest BCUT2D eigenvalue weighted by atomic mass is 16.6. The molecule has 0 aliphatic heterocycles. The zero-order valence-electron chi connectivity index (χ0n) is 12.6. The molecule has 0 aliphatic rings. The first kappa shape index (κ1) is 15.1. The van der Waals surface area contributed by atoms with E-state index in [4.69, 9.17) is 0 Å². The Morgan fingerprint density at radius 1 is 1.13 bits per heavy atom. The minimum Gasteiger partial charge on any atom is -0.388 e. The molecule has 0 saturated heterocycles. The van der Waals surface area contributed by atoms with Crippen LogP contribution in [0.4, 0.5) is 5.69 Å². The van der Waals surface area contributed by atoms with Crippen LogP contribution in [0.5, 0.6) is 0 Å². The number of aliphatic hydroxyl groups excluding tert-OH is 1. The lowest BCUT2D eigenvalue weighted by molar-refractivity contribution is -0.384. The van der Waals surface area contributed by atoms with Crippen LogP contribution in [-0.4, -0.2) is 15.0 Å². The molecule has 3 aromatic rings. The molecule has 5 nitrogen and oxygen atoms in total. The molecular formula is C18H16N2O3. The van der Waals surface area contributed by atoms with Crippen molar-refractivity contribution >= 4 is 16.6 Å². The molecule has 3 rings (SSSR count). The number of hydrogen-bond donors (Lipinski definition) is 1. The highest BCUT2D eigenvalue weighted by molar-refractivity contribution is 5.79. The number of nitro benzene ring substituents is 1. The number of benzene rings is 2. The summed E-state index contributed by atoms with van der Waals surface area (Å²) in [6.45, 7) is 2.01. The Bertz CT molecular complexity index is 860. The van der Waals surface area contributed by atoms with E-state index < -0.39 is 11.0 Å². The van der Waals surface area contributed by atoms with Gasteiger partial charge in [-0.1, -0.05) is 18.2 Å². The molecule has 0 radical (unpaired) electrons. The topological polar surface area (TPSA) is 76.3 Å². The minimum atomic E-state index is -0.745. The summed E-state index contributed by atoms with van der Waals surface area (Å²) in [5, 5.41) is 22.0. The largest absolute Gasteiger partial charge is 0.388 e. The van der Waals surface area contributed by atoms with E-state index in [1.165, 1.54) is 12.1 Å². The number of aromatic nitrogens is 1. The molecular weight excluding hydrogens is 292 g/mol. The summed E-state index contributed by atoms with van der Waals surface area (Å²) in [6, 6.07) is 15.9. The smallest absolute Gasteiger partial charge is 0.269 e. The van der Waals surface area contributed by atoms with Crippen molar-refractivity contribution < 1.29 is 10.0 Å². The fourth-order valence-corrected chi connectivity index (χ4v) is 2.52. The molecule has 1 N–H and O–H groups in total. The lowest BCUT2D eigenvalue weighted by Gasteiger charge is -2.11. The van der Waals surface area contributed by atoms with Gasteiger partial charge >= 0.3 is 0 Å². The van der Waals surface area contributed by atoms with Crippen molar-refractivity contribution in [3.63, 3.8) is 0 Å². The van der Waals surface area contributed by atoms with Crippen molar-refractivity contribution in [2.45, 2.75) is 19.4 Å². The lowest BCUT2D eigenvalue weighted by Crippen LogP contribution is -2.03. The molecule has 0 amide bonds. The van der Waals surface area contributed by atoms with Crippen LogP contribution in [0.2, 0.25) is 0 Å². The lowest BCUT2D eigenvalue weighted by atomic mass is 10.0. The molecule has 0 spiro atoms. The molecule has 1 atom stereocenters. The summed E-state index contributed by atoms with van der Waals surface area (Å²) in [5.41, 5.74) is 3.48. The Morgan fingerprint density at radius 2 is 1.83 bits per heavy atom. The van der Waals surface area contributed by atoms with Gasteiger partial charge in [-0.05, 0) is 42.3 Å². The van der Waals surface area contributed by atoms with Crippen LogP contribution >= 0.6 is 0 Å². The quantitative estimate of drug-likeness (QED) is 0.588. The predicted molar refractivity (Wildman–Crippen MR) is 88.2 cm³/mol. The van der Waals surface area contributed by atoms with E-state index in [0.717, 1.165) is 22.2 Å². The molecule has 0 bridgehead atoms. The van der Waals surface area contributed by atoms with Crippen LogP contribution in [-0.2, 0) is 6.42 Å². The normalized spacial score (nSPS) is 12.3. The van der Waals surface area contributed by atoms with Gasteiger partial charge in [-0.2, -0.15) is 0 Å². The van der Waals surface area contributed by atoms with Gasteiger partial charge in [0.1, 0.15) is 0 Å². The second-order valence-electron chi connectivity index (χ2n) is 5.57. The van der Waals surface area contributed by atoms with Crippen LogP contribution in [0.15, 0.2) is 54.6 Å². The van der Waals surface area contributed by atoms with Gasteiger partial charge in [-0.15, -0.1) is 0 Å². The summed E-state index contributed by atoms with van der Waals surface area (Å²) < 4.78 is 0. The zero-order valence-corrected chi connectivity index (χ0v) is 12.6. The zero-order chi connectivity index (χ0) is 16.4. The van der Waals surface area contributed by atoms with E-state index in [-0.39, 0.29) is 5.69 Å². The third kappa shape index (κ3) is 3.35. The van der Waals surface area contributed by atoms with E-state index in [1.54, 1.807) is 12.1 Å².